The highest BCUT2D eigenvalue weighted by atomic mass is 16.7. The van der Waals surface area contributed by atoms with Crippen LogP contribution in [0.25, 0.3) is 0 Å². The van der Waals surface area contributed by atoms with Crippen LogP contribution >= 0.6 is 0 Å². The van der Waals surface area contributed by atoms with Gasteiger partial charge in [-0.05, 0) is 47.1 Å². The van der Waals surface area contributed by atoms with Crippen molar-refractivity contribution < 1.29 is 19.2 Å². The van der Waals surface area contributed by atoms with E-state index in [0.717, 1.165) is 37.9 Å². The molecule has 7 nitrogen and oxygen atoms in total. The first kappa shape index (κ1) is 19.5. The van der Waals surface area contributed by atoms with Gasteiger partial charge in [-0.3, -0.25) is 0 Å². The predicted octanol–water partition coefficient (Wildman–Crippen LogP) is 0.859. The van der Waals surface area contributed by atoms with Crippen molar-refractivity contribution in [2.24, 2.45) is 5.92 Å². The molecule has 26 heavy (non-hydrogen) atoms. The van der Waals surface area contributed by atoms with Crippen molar-refractivity contribution >= 4 is 12.6 Å². The zero-order valence-electron chi connectivity index (χ0n) is 16.3. The zero-order valence-corrected chi connectivity index (χ0v) is 16.3. The Morgan fingerprint density at radius 2 is 1.88 bits per heavy atom. The molecule has 1 N–H and O–H groups in total. The molecule has 1 unspecified atom stereocenters. The van der Waals surface area contributed by atoms with E-state index < -0.39 is 7.12 Å². The number of aromatic nitrogens is 2. The van der Waals surface area contributed by atoms with Gasteiger partial charge in [-0.2, -0.15) is 0 Å². The highest BCUT2D eigenvalue weighted by Crippen LogP contribution is 2.36. The van der Waals surface area contributed by atoms with Gasteiger partial charge in [0.25, 0.3) is 0 Å². The molecular weight excluding hydrogens is 333 g/mol. The highest BCUT2D eigenvalue weighted by molar-refractivity contribution is 6.61. The summed E-state index contributed by atoms with van der Waals surface area (Å²) in [6, 6.07) is 0.379. The molecule has 2 saturated heterocycles. The van der Waals surface area contributed by atoms with E-state index in [9.17, 15) is 0 Å². The van der Waals surface area contributed by atoms with Crippen LogP contribution in [-0.2, 0) is 9.31 Å². The maximum atomic E-state index is 9.08. The van der Waals surface area contributed by atoms with Gasteiger partial charge < -0.3 is 24.1 Å². The summed E-state index contributed by atoms with van der Waals surface area (Å²) in [5, 5.41) is 9.08. The van der Waals surface area contributed by atoms with Gasteiger partial charge >= 0.3 is 13.1 Å². The van der Waals surface area contributed by atoms with Crippen molar-refractivity contribution in [3.63, 3.8) is 0 Å². The van der Waals surface area contributed by atoms with Crippen LogP contribution in [0.5, 0.6) is 6.01 Å². The lowest BCUT2D eigenvalue weighted by Gasteiger charge is -2.32. The smallest absolute Gasteiger partial charge is 0.463 e. The minimum absolute atomic E-state index is 0.205. The molecule has 0 saturated carbocycles. The number of β-amino-alcohol motifs (C(OH)–C–C–N with tert-alkyl or cyclic N) is 1. The van der Waals surface area contributed by atoms with Gasteiger partial charge in [-0.15, -0.1) is 0 Å². The fraction of sp³-hybridized carbons (Fsp3) is 0.778. The van der Waals surface area contributed by atoms with Crippen molar-refractivity contribution in [1.82, 2.24) is 14.9 Å². The standard InChI is InChI=1S/C18H30BN3O4/c1-17(2)18(3,4)26-19(25-17)15-10-20-16(21-11-15)24-13-14-6-5-7-22(12-14)8-9-23/h10-11,14,23H,5-9,12-13H2,1-4H3. The molecular formula is C18H30BN3O4. The number of hydrogen-bond donors (Lipinski definition) is 1. The fourth-order valence-corrected chi connectivity index (χ4v) is 3.33. The van der Waals surface area contributed by atoms with E-state index >= 15 is 0 Å². The average Bonchev–Trinajstić information content (AvgIpc) is 2.82. The molecule has 0 amide bonds. The van der Waals surface area contributed by atoms with Crippen LogP contribution in [0, 0.1) is 5.92 Å². The van der Waals surface area contributed by atoms with Crippen LogP contribution in [0.15, 0.2) is 12.4 Å². The fourth-order valence-electron chi connectivity index (χ4n) is 3.33. The third kappa shape index (κ3) is 4.36. The van der Waals surface area contributed by atoms with Crippen molar-refractivity contribution in [3.8, 4) is 6.01 Å². The monoisotopic (exact) mass is 363 g/mol. The molecule has 2 aliphatic rings. The van der Waals surface area contributed by atoms with Gasteiger partial charge in [0.2, 0.25) is 0 Å². The molecule has 1 aromatic heterocycles. The van der Waals surface area contributed by atoms with Gasteiger partial charge in [-0.25, -0.2) is 9.97 Å². The van der Waals surface area contributed by atoms with Crippen LogP contribution in [-0.4, -0.2) is 71.1 Å². The average molecular weight is 363 g/mol. The molecule has 0 aliphatic carbocycles. The predicted molar refractivity (Wildman–Crippen MR) is 99.5 cm³/mol. The summed E-state index contributed by atoms with van der Waals surface area (Å²) in [6.07, 6.45) is 5.69. The first-order valence-corrected chi connectivity index (χ1v) is 9.44. The van der Waals surface area contributed by atoms with Crippen molar-refractivity contribution in [2.75, 3.05) is 32.8 Å². The number of ether oxygens (including phenoxy) is 1. The molecule has 1 aromatic rings. The Bertz CT molecular complexity index is 579. The molecule has 3 heterocycles. The van der Waals surface area contributed by atoms with Gasteiger partial charge in [-0.1, -0.05) is 0 Å². The summed E-state index contributed by atoms with van der Waals surface area (Å²) in [4.78, 5) is 10.9. The molecule has 2 fully saturated rings. The van der Waals surface area contributed by atoms with E-state index in [4.69, 9.17) is 19.2 Å². The second-order valence-corrected chi connectivity index (χ2v) is 8.23. The maximum Gasteiger partial charge on any atom is 0.498 e. The summed E-state index contributed by atoms with van der Waals surface area (Å²) in [5.74, 6) is 0.446. The zero-order chi connectivity index (χ0) is 18.8. The lowest BCUT2D eigenvalue weighted by molar-refractivity contribution is 0.00578. The number of hydrogen-bond acceptors (Lipinski definition) is 7. The molecule has 2 aliphatic heterocycles. The summed E-state index contributed by atoms with van der Waals surface area (Å²) in [7, 11) is -0.459. The summed E-state index contributed by atoms with van der Waals surface area (Å²) in [5.41, 5.74) is 0.0329. The van der Waals surface area contributed by atoms with E-state index in [0.29, 0.717) is 18.5 Å². The van der Waals surface area contributed by atoms with E-state index in [1.165, 1.54) is 0 Å². The van der Waals surface area contributed by atoms with Crippen molar-refractivity contribution in [3.05, 3.63) is 12.4 Å². The van der Waals surface area contributed by atoms with Crippen LogP contribution in [0.4, 0.5) is 0 Å². The number of rotatable bonds is 6. The van der Waals surface area contributed by atoms with Crippen molar-refractivity contribution in [1.29, 1.82) is 0 Å². The van der Waals surface area contributed by atoms with Crippen LogP contribution in [0.2, 0.25) is 0 Å². The molecule has 0 aromatic carbocycles. The van der Waals surface area contributed by atoms with E-state index in [1.54, 1.807) is 12.4 Å². The second-order valence-electron chi connectivity index (χ2n) is 8.23. The number of nitrogens with zero attached hydrogens (tertiary/aromatic N) is 3. The van der Waals surface area contributed by atoms with Crippen LogP contribution in [0.3, 0.4) is 0 Å². The molecule has 1 atom stereocenters. The molecule has 0 radical (unpaired) electrons. The van der Waals surface area contributed by atoms with E-state index in [-0.39, 0.29) is 17.8 Å². The maximum absolute atomic E-state index is 9.08. The minimum Gasteiger partial charge on any atom is -0.463 e. The topological polar surface area (TPSA) is 76.9 Å². The Morgan fingerprint density at radius 3 is 2.50 bits per heavy atom. The first-order valence-electron chi connectivity index (χ1n) is 9.44. The SMILES string of the molecule is CC1(C)OB(c2cnc(OCC3CCCN(CCO)C3)nc2)OC1(C)C. The normalized spacial score (nSPS) is 25.4. The quantitative estimate of drug-likeness (QED) is 0.751. The number of aliphatic hydroxyl groups excluding tert-OH is 1. The Balaban J connectivity index is 1.52. The number of piperidine rings is 1. The number of aliphatic hydroxyl groups is 1. The lowest BCUT2D eigenvalue weighted by atomic mass is 9.81. The molecule has 3 rings (SSSR count). The van der Waals surface area contributed by atoms with Crippen LogP contribution in [0.1, 0.15) is 40.5 Å². The van der Waals surface area contributed by atoms with E-state index in [1.807, 2.05) is 27.7 Å². The first-order chi connectivity index (χ1) is 12.3. The van der Waals surface area contributed by atoms with Gasteiger partial charge in [0.15, 0.2) is 0 Å². The molecule has 8 heteroatoms. The van der Waals surface area contributed by atoms with Crippen molar-refractivity contribution in [2.45, 2.75) is 51.7 Å². The Labute approximate surface area is 156 Å². The summed E-state index contributed by atoms with van der Waals surface area (Å²) < 4.78 is 17.8. The third-order valence-corrected chi connectivity index (χ3v) is 5.64. The molecule has 0 spiro atoms. The Hall–Kier alpha value is -1.22. The van der Waals surface area contributed by atoms with Gasteiger partial charge in [0, 0.05) is 36.9 Å². The molecule has 0 bridgehead atoms. The largest absolute Gasteiger partial charge is 0.498 e. The van der Waals surface area contributed by atoms with Gasteiger partial charge in [0.05, 0.1) is 24.4 Å². The third-order valence-electron chi connectivity index (χ3n) is 5.64. The second kappa shape index (κ2) is 7.80. The summed E-state index contributed by atoms with van der Waals surface area (Å²) in [6.45, 7) is 11.6. The molecule has 144 valence electrons. The van der Waals surface area contributed by atoms with Crippen LogP contribution < -0.4 is 10.2 Å². The lowest BCUT2D eigenvalue weighted by Crippen LogP contribution is -2.41. The van der Waals surface area contributed by atoms with E-state index in [2.05, 4.69) is 14.9 Å². The van der Waals surface area contributed by atoms with Gasteiger partial charge in [0.1, 0.15) is 0 Å². The Morgan fingerprint density at radius 1 is 1.23 bits per heavy atom. The minimum atomic E-state index is -0.459. The Kier molecular flexibility index (Phi) is 5.86. The highest BCUT2D eigenvalue weighted by Gasteiger charge is 2.51. The summed E-state index contributed by atoms with van der Waals surface area (Å²) >= 11 is 0. The number of likely N-dealkylation sites (tertiary alicyclic amines) is 1.